The van der Waals surface area contributed by atoms with E-state index in [2.05, 4.69) is 20.2 Å². The Kier molecular flexibility index (Phi) is 5.37. The van der Waals surface area contributed by atoms with Crippen molar-refractivity contribution in [1.82, 2.24) is 19.9 Å². The van der Waals surface area contributed by atoms with E-state index in [9.17, 15) is 4.21 Å². The third-order valence-electron chi connectivity index (χ3n) is 6.54. The van der Waals surface area contributed by atoms with Crippen LogP contribution in [0.25, 0.3) is 0 Å². The number of rotatable bonds is 5. The maximum Gasteiger partial charge on any atom is 0.227 e. The summed E-state index contributed by atoms with van der Waals surface area (Å²) >= 11 is 5.91. The lowest BCUT2D eigenvalue weighted by atomic mass is 9.77. The molecule has 2 aliphatic heterocycles. The lowest BCUT2D eigenvalue weighted by Crippen LogP contribution is -2.51. The molecule has 4 heterocycles. The molecule has 30 heavy (non-hydrogen) atoms. The Bertz CT molecular complexity index is 953. The maximum absolute atomic E-state index is 12.6. The first-order valence-electron chi connectivity index (χ1n) is 10.6. The van der Waals surface area contributed by atoms with Crippen molar-refractivity contribution in [3.8, 4) is 0 Å². The highest BCUT2D eigenvalue weighted by Gasteiger charge is 2.38. The van der Waals surface area contributed by atoms with Crippen molar-refractivity contribution in [2.75, 3.05) is 35.6 Å². The predicted molar refractivity (Wildman–Crippen MR) is 118 cm³/mol. The number of nitrogens with two attached hydrogens (primary N) is 1. The molecular weight excluding hydrogens is 422 g/mol. The first kappa shape index (κ1) is 20.1. The van der Waals surface area contributed by atoms with E-state index in [1.165, 1.54) is 0 Å². The van der Waals surface area contributed by atoms with Crippen LogP contribution in [0.2, 0.25) is 5.02 Å². The Morgan fingerprint density at radius 2 is 1.97 bits per heavy atom. The van der Waals surface area contributed by atoms with Crippen molar-refractivity contribution in [3.05, 3.63) is 28.9 Å². The van der Waals surface area contributed by atoms with Gasteiger partial charge in [-0.1, -0.05) is 11.6 Å². The Morgan fingerprint density at radius 3 is 2.60 bits per heavy atom. The van der Waals surface area contributed by atoms with Gasteiger partial charge < -0.3 is 16.0 Å². The number of halogens is 1. The summed E-state index contributed by atoms with van der Waals surface area (Å²) in [6.07, 6.45) is 9.13. The van der Waals surface area contributed by atoms with Gasteiger partial charge in [0, 0.05) is 50.1 Å². The Morgan fingerprint density at radius 1 is 1.23 bits per heavy atom. The fourth-order valence-electron chi connectivity index (χ4n) is 4.52. The van der Waals surface area contributed by atoms with E-state index in [0.29, 0.717) is 23.2 Å². The van der Waals surface area contributed by atoms with Gasteiger partial charge in [-0.15, -0.1) is 0 Å². The summed E-state index contributed by atoms with van der Waals surface area (Å²) < 4.78 is 12.6. The summed E-state index contributed by atoms with van der Waals surface area (Å²) in [7, 11) is -1.04. The normalized spacial score (nSPS) is 23.1. The molecule has 2 aromatic heterocycles. The summed E-state index contributed by atoms with van der Waals surface area (Å²) in [5, 5.41) is 4.12. The molecule has 1 unspecified atom stereocenters. The number of nitrogens with one attached hydrogen (secondary N) is 1. The van der Waals surface area contributed by atoms with Crippen LogP contribution in [0.1, 0.15) is 49.5 Å². The zero-order valence-electron chi connectivity index (χ0n) is 16.8. The molecule has 3 aliphatic rings. The molecule has 10 heteroatoms. The first-order valence-corrected chi connectivity index (χ1v) is 12.3. The number of anilines is 2. The molecule has 2 fully saturated rings. The van der Waals surface area contributed by atoms with Crippen molar-refractivity contribution in [2.24, 2.45) is 5.73 Å². The van der Waals surface area contributed by atoms with Crippen molar-refractivity contribution < 1.29 is 4.21 Å². The molecular formula is C20H26ClN7OS. The van der Waals surface area contributed by atoms with Crippen LogP contribution in [-0.4, -0.2) is 55.1 Å². The van der Waals surface area contributed by atoms with Gasteiger partial charge >= 0.3 is 0 Å². The highest BCUT2D eigenvalue weighted by molar-refractivity contribution is 7.85. The van der Waals surface area contributed by atoms with Crippen LogP contribution in [0.15, 0.2) is 17.3 Å². The third kappa shape index (κ3) is 3.67. The Balaban J connectivity index is 1.37. The van der Waals surface area contributed by atoms with Gasteiger partial charge in [-0.05, 0) is 32.1 Å². The maximum atomic E-state index is 12.6. The molecule has 0 bridgehead atoms. The zero-order valence-corrected chi connectivity index (χ0v) is 18.4. The minimum atomic E-state index is -1.04. The largest absolute Gasteiger partial charge is 0.362 e. The number of hydrogen-bond acceptors (Lipinski definition) is 8. The fourth-order valence-corrected chi connectivity index (χ4v) is 5.92. The van der Waals surface area contributed by atoms with Crippen LogP contribution in [0, 0.1) is 0 Å². The second kappa shape index (κ2) is 8.01. The summed E-state index contributed by atoms with van der Waals surface area (Å²) in [6.45, 7) is 2.22. The van der Waals surface area contributed by atoms with Crippen molar-refractivity contribution in [2.45, 2.75) is 54.9 Å². The van der Waals surface area contributed by atoms with Crippen LogP contribution < -0.4 is 16.0 Å². The van der Waals surface area contributed by atoms with Crippen molar-refractivity contribution in [1.29, 1.82) is 0 Å². The highest BCUT2D eigenvalue weighted by atomic mass is 35.5. The first-order chi connectivity index (χ1) is 14.6. The molecule has 3 N–H and O–H groups in total. The smallest absolute Gasteiger partial charge is 0.227 e. The van der Waals surface area contributed by atoms with Gasteiger partial charge in [0.1, 0.15) is 16.5 Å². The molecule has 1 atom stereocenters. The van der Waals surface area contributed by atoms with Crippen LogP contribution in [0.3, 0.4) is 0 Å². The molecule has 1 saturated carbocycles. The summed E-state index contributed by atoms with van der Waals surface area (Å²) in [4.78, 5) is 21.4. The molecule has 0 amide bonds. The summed E-state index contributed by atoms with van der Waals surface area (Å²) in [5.74, 6) is 3.22. The number of aromatic nitrogens is 4. The molecule has 0 radical (unpaired) electrons. The Labute approximate surface area is 183 Å². The van der Waals surface area contributed by atoms with Crippen molar-refractivity contribution in [3.63, 3.8) is 0 Å². The quantitative estimate of drug-likeness (QED) is 0.718. The van der Waals surface area contributed by atoms with Gasteiger partial charge in [0.15, 0.2) is 0 Å². The number of aryl methyl sites for hydroxylation is 1. The highest BCUT2D eigenvalue weighted by Crippen LogP contribution is 2.38. The van der Waals surface area contributed by atoms with E-state index in [4.69, 9.17) is 27.3 Å². The summed E-state index contributed by atoms with van der Waals surface area (Å²) in [6, 6.07) is 0. The zero-order chi connectivity index (χ0) is 20.7. The number of fused-ring (bicyclic) bond motifs is 1. The SMILES string of the molecule is NCC1(Nc2nc(N3CCC(c4ncc(Cl)cn4)CC3)nc3c2S(=O)CC3)CCC1. The van der Waals surface area contributed by atoms with Gasteiger partial charge in [-0.2, -0.15) is 4.98 Å². The Hall–Kier alpha value is -1.84. The molecule has 1 saturated heterocycles. The molecule has 0 aromatic carbocycles. The fraction of sp³-hybridized carbons (Fsp3) is 0.600. The minimum absolute atomic E-state index is 0.120. The average molecular weight is 448 g/mol. The molecule has 2 aromatic rings. The van der Waals surface area contributed by atoms with E-state index in [1.807, 2.05) is 0 Å². The van der Waals surface area contributed by atoms with Crippen LogP contribution >= 0.6 is 11.6 Å². The predicted octanol–water partition coefficient (Wildman–Crippen LogP) is 2.26. The summed E-state index contributed by atoms with van der Waals surface area (Å²) in [5.41, 5.74) is 6.84. The third-order valence-corrected chi connectivity index (χ3v) is 8.20. The average Bonchev–Trinajstić information content (AvgIpc) is 3.12. The van der Waals surface area contributed by atoms with Crippen LogP contribution in [0.4, 0.5) is 11.8 Å². The van der Waals surface area contributed by atoms with Crippen LogP contribution in [0.5, 0.6) is 0 Å². The van der Waals surface area contributed by atoms with Gasteiger partial charge in [-0.3, -0.25) is 4.21 Å². The monoisotopic (exact) mass is 447 g/mol. The lowest BCUT2D eigenvalue weighted by Gasteiger charge is -2.42. The molecule has 1 aliphatic carbocycles. The standard InChI is InChI=1S/C20H26ClN7OS/c21-14-10-23-17(24-11-14)13-2-7-28(8-3-13)19-25-15-4-9-30(29)16(15)18(26-19)27-20(12-22)5-1-6-20/h10-11,13H,1-9,12,22H2,(H,25,26,27). The van der Waals surface area contributed by atoms with Gasteiger partial charge in [0.2, 0.25) is 5.95 Å². The number of piperidine rings is 1. The van der Waals surface area contributed by atoms with Crippen molar-refractivity contribution >= 4 is 34.2 Å². The van der Waals surface area contributed by atoms with Gasteiger partial charge in [0.25, 0.3) is 0 Å². The number of hydrogen-bond donors (Lipinski definition) is 2. The molecule has 160 valence electrons. The number of nitrogens with zero attached hydrogens (tertiary/aromatic N) is 5. The van der Waals surface area contributed by atoms with E-state index >= 15 is 0 Å². The van der Waals surface area contributed by atoms with Crippen LogP contribution in [-0.2, 0) is 17.2 Å². The van der Waals surface area contributed by atoms with E-state index in [-0.39, 0.29) is 5.54 Å². The molecule has 8 nitrogen and oxygen atoms in total. The van der Waals surface area contributed by atoms with E-state index < -0.39 is 10.8 Å². The molecule has 5 rings (SSSR count). The van der Waals surface area contributed by atoms with Gasteiger partial charge in [-0.25, -0.2) is 15.0 Å². The van der Waals surface area contributed by atoms with E-state index in [1.54, 1.807) is 12.4 Å². The second-order valence-electron chi connectivity index (χ2n) is 8.43. The topological polar surface area (TPSA) is 110 Å². The van der Waals surface area contributed by atoms with Gasteiger partial charge in [0.05, 0.1) is 27.1 Å². The van der Waals surface area contributed by atoms with E-state index in [0.717, 1.165) is 79.8 Å². The minimum Gasteiger partial charge on any atom is -0.362 e. The molecule has 0 spiro atoms. The second-order valence-corrected chi connectivity index (χ2v) is 10.4. The lowest BCUT2D eigenvalue weighted by molar-refractivity contribution is 0.286.